The van der Waals surface area contributed by atoms with Gasteiger partial charge in [0.1, 0.15) is 12.3 Å². The minimum absolute atomic E-state index is 0.196. The number of nitrogens with zero attached hydrogens (tertiary/aromatic N) is 1. The molecule has 0 radical (unpaired) electrons. The number of hydrogen-bond acceptors (Lipinski definition) is 6. The molecule has 0 bridgehead atoms. The smallest absolute Gasteiger partial charge is 0.355 e. The van der Waals surface area contributed by atoms with Gasteiger partial charge in [-0.2, -0.15) is 0 Å². The molecule has 1 aromatic heterocycles. The van der Waals surface area contributed by atoms with Crippen molar-refractivity contribution in [3.63, 3.8) is 0 Å². The van der Waals surface area contributed by atoms with E-state index in [1.54, 1.807) is 31.0 Å². The van der Waals surface area contributed by atoms with Crippen LogP contribution in [0.3, 0.4) is 0 Å². The summed E-state index contributed by atoms with van der Waals surface area (Å²) in [4.78, 5) is 11.7. The standard InChI is InChI=1S/C13H22N2O5/c1-15-10-11(14)9-12(15)13(16)20-8-7-19-6-5-18-4-3-17-2/h9-10H,3-8,14H2,1-2H3. The van der Waals surface area contributed by atoms with Crippen molar-refractivity contribution in [2.24, 2.45) is 7.05 Å². The molecule has 1 heterocycles. The second-order valence-corrected chi connectivity index (χ2v) is 4.12. The Bertz CT molecular complexity index is 405. The summed E-state index contributed by atoms with van der Waals surface area (Å²) < 4.78 is 22.0. The van der Waals surface area contributed by atoms with Gasteiger partial charge in [0.25, 0.3) is 0 Å². The minimum Gasteiger partial charge on any atom is -0.459 e. The number of esters is 1. The van der Waals surface area contributed by atoms with Crippen molar-refractivity contribution in [3.05, 3.63) is 18.0 Å². The molecule has 0 amide bonds. The van der Waals surface area contributed by atoms with E-state index < -0.39 is 5.97 Å². The summed E-state index contributed by atoms with van der Waals surface area (Å²) in [7, 11) is 3.36. The highest BCUT2D eigenvalue weighted by Crippen LogP contribution is 2.09. The van der Waals surface area contributed by atoms with E-state index in [0.29, 0.717) is 44.4 Å². The van der Waals surface area contributed by atoms with Crippen LogP contribution in [-0.4, -0.2) is 57.3 Å². The van der Waals surface area contributed by atoms with Gasteiger partial charge in [0.05, 0.1) is 38.7 Å². The van der Waals surface area contributed by atoms with E-state index in [9.17, 15) is 4.79 Å². The van der Waals surface area contributed by atoms with Gasteiger partial charge in [-0.15, -0.1) is 0 Å². The van der Waals surface area contributed by atoms with Crippen molar-refractivity contribution in [1.82, 2.24) is 4.57 Å². The van der Waals surface area contributed by atoms with Crippen molar-refractivity contribution >= 4 is 11.7 Å². The number of carbonyl (C=O) groups excluding carboxylic acids is 1. The molecule has 7 nitrogen and oxygen atoms in total. The zero-order valence-corrected chi connectivity index (χ0v) is 12.0. The number of methoxy groups -OCH3 is 1. The highest BCUT2D eigenvalue weighted by Gasteiger charge is 2.11. The van der Waals surface area contributed by atoms with Crippen LogP contribution in [0.1, 0.15) is 10.5 Å². The molecule has 0 fully saturated rings. The van der Waals surface area contributed by atoms with Crippen molar-refractivity contribution in [2.75, 3.05) is 52.5 Å². The topological polar surface area (TPSA) is 84.9 Å². The molecule has 1 rings (SSSR count). The lowest BCUT2D eigenvalue weighted by Gasteiger charge is -2.07. The summed E-state index contributed by atoms with van der Waals surface area (Å²) in [5.41, 5.74) is 6.54. The van der Waals surface area contributed by atoms with Crippen LogP contribution in [-0.2, 0) is 26.0 Å². The third-order valence-electron chi connectivity index (χ3n) is 2.50. The van der Waals surface area contributed by atoms with Crippen LogP contribution in [0.2, 0.25) is 0 Å². The predicted octanol–water partition coefficient (Wildman–Crippen LogP) is 0.444. The fourth-order valence-corrected chi connectivity index (χ4v) is 1.52. The lowest BCUT2D eigenvalue weighted by Crippen LogP contribution is -2.15. The third-order valence-corrected chi connectivity index (χ3v) is 2.50. The summed E-state index contributed by atoms with van der Waals surface area (Å²) in [5, 5.41) is 0. The molecule has 7 heteroatoms. The first-order valence-corrected chi connectivity index (χ1v) is 6.38. The SMILES string of the molecule is COCCOCCOCCOC(=O)c1cc(N)cn1C. The highest BCUT2D eigenvalue weighted by atomic mass is 16.6. The van der Waals surface area contributed by atoms with Crippen LogP contribution in [0.5, 0.6) is 0 Å². The lowest BCUT2D eigenvalue weighted by atomic mass is 10.4. The van der Waals surface area contributed by atoms with E-state index in [4.69, 9.17) is 24.7 Å². The monoisotopic (exact) mass is 286 g/mol. The molecule has 0 saturated carbocycles. The number of nitrogens with two attached hydrogens (primary N) is 1. The van der Waals surface area contributed by atoms with Gasteiger partial charge in [-0.1, -0.05) is 0 Å². The number of carbonyl (C=O) groups is 1. The summed E-state index contributed by atoms with van der Waals surface area (Å²) in [6.45, 7) is 2.59. The molecule has 0 unspecified atom stereocenters. The maximum Gasteiger partial charge on any atom is 0.355 e. The average Bonchev–Trinajstić information content (AvgIpc) is 2.75. The van der Waals surface area contributed by atoms with Gasteiger partial charge in [-0.05, 0) is 6.07 Å². The number of ether oxygens (including phenoxy) is 4. The first kappa shape index (κ1) is 16.5. The van der Waals surface area contributed by atoms with Crippen LogP contribution in [0.15, 0.2) is 12.3 Å². The summed E-state index contributed by atoms with van der Waals surface area (Å²) in [5.74, 6) is -0.413. The summed E-state index contributed by atoms with van der Waals surface area (Å²) in [6, 6.07) is 1.58. The zero-order valence-electron chi connectivity index (χ0n) is 12.0. The molecule has 114 valence electrons. The molecule has 0 atom stereocenters. The van der Waals surface area contributed by atoms with Crippen LogP contribution >= 0.6 is 0 Å². The van der Waals surface area contributed by atoms with Gasteiger partial charge in [0.2, 0.25) is 0 Å². The molecular formula is C13H22N2O5. The number of anilines is 1. The third kappa shape index (κ3) is 6.05. The van der Waals surface area contributed by atoms with Crippen LogP contribution in [0.25, 0.3) is 0 Å². The minimum atomic E-state index is -0.413. The first-order chi connectivity index (χ1) is 9.65. The summed E-state index contributed by atoms with van der Waals surface area (Å²) >= 11 is 0. The molecule has 0 saturated heterocycles. The molecular weight excluding hydrogens is 264 g/mol. The second-order valence-electron chi connectivity index (χ2n) is 4.12. The van der Waals surface area contributed by atoms with Crippen molar-refractivity contribution < 1.29 is 23.7 Å². The Labute approximate surface area is 118 Å². The number of aryl methyl sites for hydroxylation is 1. The van der Waals surface area contributed by atoms with Gasteiger partial charge in [-0.3, -0.25) is 0 Å². The quantitative estimate of drug-likeness (QED) is 0.496. The molecule has 0 aromatic carbocycles. The van der Waals surface area contributed by atoms with E-state index in [1.807, 2.05) is 0 Å². The van der Waals surface area contributed by atoms with Crippen molar-refractivity contribution in [1.29, 1.82) is 0 Å². The zero-order chi connectivity index (χ0) is 14.8. The Balaban J connectivity index is 2.04. The Hall–Kier alpha value is -1.57. The maximum absolute atomic E-state index is 11.7. The normalized spacial score (nSPS) is 10.7. The predicted molar refractivity (Wildman–Crippen MR) is 73.6 cm³/mol. The van der Waals surface area contributed by atoms with Crippen LogP contribution < -0.4 is 5.73 Å². The molecule has 0 aliphatic heterocycles. The second kappa shape index (κ2) is 9.35. The lowest BCUT2D eigenvalue weighted by molar-refractivity contribution is 0.00536. The van der Waals surface area contributed by atoms with Gasteiger partial charge in [-0.25, -0.2) is 4.79 Å². The highest BCUT2D eigenvalue weighted by molar-refractivity contribution is 5.89. The summed E-state index contributed by atoms with van der Waals surface area (Å²) in [6.07, 6.45) is 1.66. The van der Waals surface area contributed by atoms with Crippen molar-refractivity contribution in [2.45, 2.75) is 0 Å². The maximum atomic E-state index is 11.7. The number of nitrogen functional groups attached to an aromatic ring is 1. The van der Waals surface area contributed by atoms with E-state index in [2.05, 4.69) is 0 Å². The van der Waals surface area contributed by atoms with E-state index in [-0.39, 0.29) is 6.61 Å². The number of rotatable bonds is 10. The molecule has 1 aromatic rings. The van der Waals surface area contributed by atoms with Crippen LogP contribution in [0, 0.1) is 0 Å². The number of aromatic nitrogens is 1. The molecule has 2 N–H and O–H groups in total. The molecule has 0 aliphatic rings. The average molecular weight is 286 g/mol. The molecule has 20 heavy (non-hydrogen) atoms. The Kier molecular flexibility index (Phi) is 7.71. The van der Waals surface area contributed by atoms with Gasteiger partial charge < -0.3 is 29.2 Å². The van der Waals surface area contributed by atoms with Crippen LogP contribution in [0.4, 0.5) is 5.69 Å². The number of hydrogen-bond donors (Lipinski definition) is 1. The van der Waals surface area contributed by atoms with E-state index in [1.165, 1.54) is 0 Å². The largest absolute Gasteiger partial charge is 0.459 e. The van der Waals surface area contributed by atoms with Gasteiger partial charge in [0.15, 0.2) is 0 Å². The fourth-order valence-electron chi connectivity index (χ4n) is 1.52. The Morgan fingerprint density at radius 3 is 2.30 bits per heavy atom. The van der Waals surface area contributed by atoms with Crippen molar-refractivity contribution in [3.8, 4) is 0 Å². The van der Waals surface area contributed by atoms with Gasteiger partial charge >= 0.3 is 5.97 Å². The molecule has 0 spiro atoms. The Morgan fingerprint density at radius 2 is 1.75 bits per heavy atom. The molecule has 0 aliphatic carbocycles. The van der Waals surface area contributed by atoms with Gasteiger partial charge in [0, 0.05) is 20.4 Å². The first-order valence-electron chi connectivity index (χ1n) is 6.38. The van der Waals surface area contributed by atoms with E-state index >= 15 is 0 Å². The fraction of sp³-hybridized carbons (Fsp3) is 0.615. The van der Waals surface area contributed by atoms with E-state index in [0.717, 1.165) is 0 Å². The Morgan fingerprint density at radius 1 is 1.15 bits per heavy atom.